The van der Waals surface area contributed by atoms with Crippen molar-refractivity contribution in [2.75, 3.05) is 6.26 Å². The number of hydrogen-bond acceptors (Lipinski definition) is 2. The van der Waals surface area contributed by atoms with Crippen molar-refractivity contribution in [2.45, 2.75) is 30.7 Å². The molecule has 0 saturated carbocycles. The lowest BCUT2D eigenvalue weighted by molar-refractivity contribution is -0.0579. The zero-order valence-corrected chi connectivity index (χ0v) is 12.6. The van der Waals surface area contributed by atoms with Crippen LogP contribution in [0.2, 0.25) is 19.6 Å². The normalized spacial score (nSPS) is 13.8. The fraction of sp³-hybridized carbons (Fsp3) is 0.417. The Hall–Kier alpha value is -0.753. The zero-order valence-electron chi connectivity index (χ0n) is 10.8. The van der Waals surface area contributed by atoms with Crippen LogP contribution >= 0.6 is 11.8 Å². The first-order chi connectivity index (χ1) is 8.13. The molecule has 0 atom stereocenters. The molecule has 0 heterocycles. The van der Waals surface area contributed by atoms with Gasteiger partial charge in [0.2, 0.25) is 0 Å². The largest absolute Gasteiger partial charge is 0.432 e. The molecule has 0 aliphatic heterocycles. The highest BCUT2D eigenvalue weighted by Crippen LogP contribution is 2.26. The van der Waals surface area contributed by atoms with E-state index in [9.17, 15) is 13.2 Å². The van der Waals surface area contributed by atoms with Crippen molar-refractivity contribution in [1.82, 2.24) is 0 Å². The lowest BCUT2D eigenvalue weighted by atomic mass is 10.1. The molecule has 0 aliphatic rings. The van der Waals surface area contributed by atoms with Crippen molar-refractivity contribution in [1.29, 1.82) is 0 Å². The van der Waals surface area contributed by atoms with Crippen molar-refractivity contribution in [3.63, 3.8) is 0 Å². The molecule has 0 saturated heterocycles. The Kier molecular flexibility index (Phi) is 4.66. The number of rotatable bonds is 3. The quantitative estimate of drug-likeness (QED) is 0.450. The minimum atomic E-state index is -4.41. The average Bonchev–Trinajstić information content (AvgIpc) is 2.23. The van der Waals surface area contributed by atoms with Gasteiger partial charge in [-0.25, -0.2) is 0 Å². The molecule has 0 spiro atoms. The second-order valence-electron chi connectivity index (χ2n) is 4.86. The number of nitrogens with zero attached hydrogens (tertiary/aromatic N) is 1. The third-order valence-corrected chi connectivity index (χ3v) is 3.68. The summed E-state index contributed by atoms with van der Waals surface area (Å²) in [5.41, 5.74) is -0.602. The number of halogens is 3. The lowest BCUT2D eigenvalue weighted by Crippen LogP contribution is -2.30. The number of benzene rings is 1. The molecular weight excluding hydrogens is 275 g/mol. The second-order valence-corrected chi connectivity index (χ2v) is 10.3. The van der Waals surface area contributed by atoms with Crippen LogP contribution in [-0.2, 0) is 0 Å². The first-order valence-electron chi connectivity index (χ1n) is 5.45. The van der Waals surface area contributed by atoms with Gasteiger partial charge in [-0.15, -0.1) is 11.8 Å². The Morgan fingerprint density at radius 1 is 1.22 bits per heavy atom. The average molecular weight is 291 g/mol. The van der Waals surface area contributed by atoms with E-state index in [1.807, 2.05) is 6.26 Å². The highest BCUT2D eigenvalue weighted by atomic mass is 32.2. The second kappa shape index (κ2) is 5.48. The van der Waals surface area contributed by atoms with Crippen LogP contribution in [0, 0.1) is 0 Å². The number of alkyl halides is 3. The van der Waals surface area contributed by atoms with Crippen LogP contribution in [0.1, 0.15) is 5.56 Å². The maximum atomic E-state index is 13.1. The van der Waals surface area contributed by atoms with Gasteiger partial charge in [0.05, 0.1) is 0 Å². The van der Waals surface area contributed by atoms with Gasteiger partial charge in [0.25, 0.3) is 0 Å². The summed E-state index contributed by atoms with van der Waals surface area (Å²) in [6.07, 6.45) is -2.57. The molecule has 1 nitrogen and oxygen atoms in total. The summed E-state index contributed by atoms with van der Waals surface area (Å²) >= 11 is 1.42. The molecule has 0 bridgehead atoms. The lowest BCUT2D eigenvalue weighted by Gasteiger charge is -2.17. The van der Waals surface area contributed by atoms with Crippen molar-refractivity contribution >= 4 is 25.7 Å². The minimum Gasteiger partial charge on any atom is -0.317 e. The molecule has 0 N–H and O–H groups in total. The Labute approximate surface area is 111 Å². The van der Waals surface area contributed by atoms with Gasteiger partial charge in [0, 0.05) is 10.5 Å². The van der Waals surface area contributed by atoms with Crippen LogP contribution in [0.5, 0.6) is 0 Å². The highest BCUT2D eigenvalue weighted by Gasteiger charge is 2.37. The molecule has 0 radical (unpaired) electrons. The fourth-order valence-corrected chi connectivity index (χ4v) is 2.78. The Bertz CT molecular complexity index is 449. The Morgan fingerprint density at radius 2 is 1.83 bits per heavy atom. The first kappa shape index (κ1) is 15.3. The van der Waals surface area contributed by atoms with Crippen molar-refractivity contribution in [2.24, 2.45) is 4.66 Å². The molecule has 1 rings (SSSR count). The predicted octanol–water partition coefficient (Wildman–Crippen LogP) is 4.59. The van der Waals surface area contributed by atoms with E-state index < -0.39 is 20.1 Å². The summed E-state index contributed by atoms with van der Waals surface area (Å²) in [7, 11) is -2.18. The summed E-state index contributed by atoms with van der Waals surface area (Å²) in [6.45, 7) is 5.37. The van der Waals surface area contributed by atoms with Gasteiger partial charge < -0.3 is 4.66 Å². The van der Waals surface area contributed by atoms with E-state index in [0.717, 1.165) is 4.90 Å². The standard InChI is InChI=1S/C12H16F3NSSi/c1-17-10-7-5-6-9(8-10)11(12(13,14)15)16-18(2,3)4/h5-8H,1-4H3. The van der Waals surface area contributed by atoms with Gasteiger partial charge in [-0.1, -0.05) is 12.1 Å². The topological polar surface area (TPSA) is 12.4 Å². The van der Waals surface area contributed by atoms with Gasteiger partial charge in [-0.2, -0.15) is 13.2 Å². The third-order valence-electron chi connectivity index (χ3n) is 2.06. The van der Waals surface area contributed by atoms with Crippen LogP contribution in [-0.4, -0.2) is 26.4 Å². The van der Waals surface area contributed by atoms with Crippen LogP contribution in [0.15, 0.2) is 33.8 Å². The SMILES string of the molecule is CSc1cccc(C(=N[Si](C)(C)C)C(F)(F)F)c1. The zero-order chi connectivity index (χ0) is 14.0. The molecule has 6 heteroatoms. The van der Waals surface area contributed by atoms with Crippen molar-refractivity contribution in [3.05, 3.63) is 29.8 Å². The molecule has 0 amide bonds. The van der Waals surface area contributed by atoms with E-state index in [0.29, 0.717) is 0 Å². The maximum Gasteiger partial charge on any atom is 0.432 e. The van der Waals surface area contributed by atoms with Gasteiger partial charge in [-0.05, 0) is 38.0 Å². The number of hydrogen-bond donors (Lipinski definition) is 0. The van der Waals surface area contributed by atoms with Crippen LogP contribution in [0.3, 0.4) is 0 Å². The highest BCUT2D eigenvalue weighted by molar-refractivity contribution is 7.98. The predicted molar refractivity (Wildman–Crippen MR) is 74.2 cm³/mol. The van der Waals surface area contributed by atoms with E-state index in [4.69, 9.17) is 0 Å². The molecule has 0 unspecified atom stereocenters. The molecule has 1 aromatic carbocycles. The van der Waals surface area contributed by atoms with E-state index in [2.05, 4.69) is 4.66 Å². The molecule has 18 heavy (non-hydrogen) atoms. The molecule has 0 aliphatic carbocycles. The van der Waals surface area contributed by atoms with Crippen molar-refractivity contribution in [3.8, 4) is 0 Å². The Balaban J connectivity index is 3.31. The number of thioether (sulfide) groups is 1. The molecule has 0 aromatic heterocycles. The van der Waals surface area contributed by atoms with Crippen LogP contribution in [0.4, 0.5) is 13.2 Å². The fourth-order valence-electron chi connectivity index (χ4n) is 1.40. The summed E-state index contributed by atoms with van der Waals surface area (Å²) in [5, 5.41) is 0. The third kappa shape index (κ3) is 4.49. The molecule has 0 fully saturated rings. The van der Waals surface area contributed by atoms with E-state index in [1.54, 1.807) is 31.8 Å². The van der Waals surface area contributed by atoms with Gasteiger partial charge in [0.1, 0.15) is 5.71 Å². The molecule has 1 aromatic rings. The Morgan fingerprint density at radius 3 is 2.28 bits per heavy atom. The smallest absolute Gasteiger partial charge is 0.317 e. The first-order valence-corrected chi connectivity index (χ1v) is 10.1. The van der Waals surface area contributed by atoms with Crippen LogP contribution < -0.4 is 0 Å². The minimum absolute atomic E-state index is 0.150. The van der Waals surface area contributed by atoms with Gasteiger partial charge in [0.15, 0.2) is 8.24 Å². The summed E-state index contributed by atoms with van der Waals surface area (Å²) in [5.74, 6) is 0. The summed E-state index contributed by atoms with van der Waals surface area (Å²) < 4.78 is 43.1. The van der Waals surface area contributed by atoms with Crippen molar-refractivity contribution < 1.29 is 13.2 Å². The van der Waals surface area contributed by atoms with Crippen LogP contribution in [0.25, 0.3) is 0 Å². The van der Waals surface area contributed by atoms with Gasteiger partial charge in [-0.3, -0.25) is 0 Å². The monoisotopic (exact) mass is 291 g/mol. The summed E-state index contributed by atoms with van der Waals surface area (Å²) in [4.78, 5) is 0.806. The maximum absolute atomic E-state index is 13.1. The van der Waals surface area contributed by atoms with E-state index in [-0.39, 0.29) is 5.56 Å². The van der Waals surface area contributed by atoms with E-state index >= 15 is 0 Å². The summed E-state index contributed by atoms with van der Waals surface area (Å²) in [6, 6.07) is 6.42. The van der Waals surface area contributed by atoms with E-state index in [1.165, 1.54) is 23.9 Å². The molecular formula is C12H16F3NSSi. The van der Waals surface area contributed by atoms with Gasteiger partial charge >= 0.3 is 6.18 Å². The molecule has 100 valence electrons.